The Kier molecular flexibility index (Phi) is 4.05. The number of anilines is 2. The van der Waals surface area contributed by atoms with Crippen LogP contribution >= 0.6 is 0 Å². The maximum atomic E-state index is 11.9. The Morgan fingerprint density at radius 2 is 1.87 bits per heavy atom. The van der Waals surface area contributed by atoms with Gasteiger partial charge in [0.15, 0.2) is 0 Å². The van der Waals surface area contributed by atoms with Gasteiger partial charge < -0.3 is 5.11 Å². The fraction of sp³-hybridized carbons (Fsp3) is 0. The molecule has 7 nitrogen and oxygen atoms in total. The number of fused-ring (bicyclic) bond motifs is 1. The minimum atomic E-state index is -0.547. The maximum absolute atomic E-state index is 11.9. The average molecular weight is 309 g/mol. The zero-order valence-electron chi connectivity index (χ0n) is 11.9. The van der Waals surface area contributed by atoms with E-state index in [1.807, 2.05) is 30.3 Å². The Morgan fingerprint density at radius 3 is 2.70 bits per heavy atom. The number of hydrazone groups is 1. The summed E-state index contributed by atoms with van der Waals surface area (Å²) in [5.41, 5.74) is 3.53. The SMILES string of the molecule is [O-]c1c(C=NNc2ccc3ccccc3n2)cccc1N(O)O. The second kappa shape index (κ2) is 6.30. The lowest BCUT2D eigenvalue weighted by Crippen LogP contribution is -2.14. The van der Waals surface area contributed by atoms with Gasteiger partial charge in [0.1, 0.15) is 5.82 Å². The highest BCUT2D eigenvalue weighted by atomic mass is 16.8. The van der Waals surface area contributed by atoms with Crippen molar-refractivity contribution < 1.29 is 15.5 Å². The summed E-state index contributed by atoms with van der Waals surface area (Å²) in [5, 5.41) is 34.6. The molecule has 0 unspecified atom stereocenters. The third-order valence-electron chi connectivity index (χ3n) is 3.22. The highest BCUT2D eigenvalue weighted by Crippen LogP contribution is 2.25. The van der Waals surface area contributed by atoms with E-state index in [1.165, 1.54) is 24.4 Å². The van der Waals surface area contributed by atoms with E-state index in [2.05, 4.69) is 15.5 Å². The lowest BCUT2D eigenvalue weighted by atomic mass is 10.2. The Labute approximate surface area is 131 Å². The monoisotopic (exact) mass is 309 g/mol. The largest absolute Gasteiger partial charge is 0.870 e. The van der Waals surface area contributed by atoms with Crippen LogP contribution in [0, 0.1) is 0 Å². The molecule has 3 rings (SSSR count). The Balaban J connectivity index is 1.79. The van der Waals surface area contributed by atoms with Crippen molar-refractivity contribution in [2.45, 2.75) is 0 Å². The summed E-state index contributed by atoms with van der Waals surface area (Å²) >= 11 is 0. The van der Waals surface area contributed by atoms with Crippen molar-refractivity contribution >= 4 is 28.6 Å². The molecule has 0 aliphatic carbocycles. The van der Waals surface area contributed by atoms with E-state index in [-0.39, 0.29) is 16.5 Å². The third-order valence-corrected chi connectivity index (χ3v) is 3.22. The van der Waals surface area contributed by atoms with Gasteiger partial charge in [-0.05, 0) is 29.8 Å². The van der Waals surface area contributed by atoms with Crippen LogP contribution in [-0.2, 0) is 0 Å². The molecule has 0 radical (unpaired) electrons. The van der Waals surface area contributed by atoms with Crippen molar-refractivity contribution in [3.05, 3.63) is 60.2 Å². The Hall–Kier alpha value is -3.16. The van der Waals surface area contributed by atoms with E-state index in [0.717, 1.165) is 10.9 Å². The van der Waals surface area contributed by atoms with Crippen molar-refractivity contribution in [1.29, 1.82) is 0 Å². The van der Waals surface area contributed by atoms with Gasteiger partial charge >= 0.3 is 0 Å². The van der Waals surface area contributed by atoms with Gasteiger partial charge in [0.05, 0.1) is 17.4 Å². The zero-order valence-corrected chi connectivity index (χ0v) is 11.9. The van der Waals surface area contributed by atoms with Gasteiger partial charge in [0.2, 0.25) is 0 Å². The molecule has 0 saturated carbocycles. The minimum absolute atomic E-state index is 0.210. The highest BCUT2D eigenvalue weighted by molar-refractivity contribution is 5.87. The first-order chi connectivity index (χ1) is 11.1. The molecular formula is C16H13N4O3-. The van der Waals surface area contributed by atoms with E-state index < -0.39 is 5.75 Å². The van der Waals surface area contributed by atoms with E-state index in [9.17, 15) is 5.11 Å². The number of nitrogens with one attached hydrogen (secondary N) is 1. The molecule has 0 fully saturated rings. The number of hydrogen-bond donors (Lipinski definition) is 3. The van der Waals surface area contributed by atoms with Crippen molar-refractivity contribution in [3.63, 3.8) is 0 Å². The molecule has 0 amide bonds. The molecule has 7 heteroatoms. The summed E-state index contributed by atoms with van der Waals surface area (Å²) in [4.78, 5) is 4.38. The normalized spacial score (nSPS) is 11.0. The second-order valence-corrected chi connectivity index (χ2v) is 4.74. The molecule has 116 valence electrons. The fourth-order valence-electron chi connectivity index (χ4n) is 2.10. The third kappa shape index (κ3) is 3.20. The summed E-state index contributed by atoms with van der Waals surface area (Å²) in [6.07, 6.45) is 1.30. The van der Waals surface area contributed by atoms with Crippen LogP contribution in [0.1, 0.15) is 5.56 Å². The molecule has 0 saturated heterocycles. The lowest BCUT2D eigenvalue weighted by Gasteiger charge is -2.18. The molecular weight excluding hydrogens is 296 g/mol. The van der Waals surface area contributed by atoms with Crippen LogP contribution in [0.3, 0.4) is 0 Å². The van der Waals surface area contributed by atoms with Gasteiger partial charge in [-0.25, -0.2) is 4.98 Å². The number of rotatable bonds is 4. The van der Waals surface area contributed by atoms with E-state index in [1.54, 1.807) is 6.07 Å². The number of benzene rings is 2. The van der Waals surface area contributed by atoms with Crippen molar-refractivity contribution in [3.8, 4) is 5.75 Å². The molecule has 3 aromatic rings. The predicted molar refractivity (Wildman–Crippen MR) is 84.9 cm³/mol. The lowest BCUT2D eigenvalue weighted by molar-refractivity contribution is -0.268. The molecule has 0 aliphatic heterocycles. The standard InChI is InChI=1S/C16H14N4O3/c21-16-12(5-3-7-14(16)20(22)23)10-17-19-15-9-8-11-4-1-2-6-13(11)18-15/h1-10,21-23H,(H,18,19)/p-1. The maximum Gasteiger partial charge on any atom is 0.146 e. The number of nitrogens with zero attached hydrogens (tertiary/aromatic N) is 3. The van der Waals surface area contributed by atoms with E-state index in [0.29, 0.717) is 5.82 Å². The number of para-hydroxylation sites is 2. The molecule has 23 heavy (non-hydrogen) atoms. The van der Waals surface area contributed by atoms with Crippen molar-refractivity contribution in [2.75, 3.05) is 10.7 Å². The Morgan fingerprint density at radius 1 is 1.04 bits per heavy atom. The van der Waals surface area contributed by atoms with Crippen LogP contribution in [0.25, 0.3) is 10.9 Å². The fourth-order valence-corrected chi connectivity index (χ4v) is 2.10. The zero-order chi connectivity index (χ0) is 16.2. The summed E-state index contributed by atoms with van der Waals surface area (Å²) < 4.78 is 0. The summed E-state index contributed by atoms with van der Waals surface area (Å²) in [6, 6.07) is 15.7. The molecule has 3 N–H and O–H groups in total. The van der Waals surface area contributed by atoms with Crippen LogP contribution < -0.4 is 15.8 Å². The van der Waals surface area contributed by atoms with Crippen molar-refractivity contribution in [1.82, 2.24) is 4.98 Å². The molecule has 0 aliphatic rings. The van der Waals surface area contributed by atoms with Crippen LogP contribution in [0.4, 0.5) is 11.5 Å². The average Bonchev–Trinajstić information content (AvgIpc) is 2.56. The summed E-state index contributed by atoms with van der Waals surface area (Å²) in [6.45, 7) is 0. The molecule has 0 spiro atoms. The number of hydrogen-bond acceptors (Lipinski definition) is 7. The molecule has 2 aromatic carbocycles. The predicted octanol–water partition coefficient (Wildman–Crippen LogP) is 2.34. The van der Waals surface area contributed by atoms with Crippen molar-refractivity contribution in [2.24, 2.45) is 5.10 Å². The van der Waals surface area contributed by atoms with Crippen LogP contribution in [0.2, 0.25) is 0 Å². The topological polar surface area (TPSA) is 104 Å². The van der Waals surface area contributed by atoms with Crippen LogP contribution in [0.15, 0.2) is 59.7 Å². The quantitative estimate of drug-likeness (QED) is 0.505. The number of pyridine rings is 1. The summed E-state index contributed by atoms with van der Waals surface area (Å²) in [7, 11) is 0. The number of aromatic nitrogens is 1. The second-order valence-electron chi connectivity index (χ2n) is 4.74. The van der Waals surface area contributed by atoms with Gasteiger partial charge in [-0.3, -0.25) is 15.8 Å². The molecule has 1 heterocycles. The van der Waals surface area contributed by atoms with Gasteiger partial charge in [0, 0.05) is 5.39 Å². The first-order valence-corrected chi connectivity index (χ1v) is 6.78. The minimum Gasteiger partial charge on any atom is -0.870 e. The van der Waals surface area contributed by atoms with Crippen LogP contribution in [0.5, 0.6) is 5.75 Å². The van der Waals surface area contributed by atoms with Gasteiger partial charge in [0.25, 0.3) is 0 Å². The Bertz CT molecular complexity index is 865. The molecule has 0 bridgehead atoms. The van der Waals surface area contributed by atoms with E-state index >= 15 is 0 Å². The smallest absolute Gasteiger partial charge is 0.146 e. The molecule has 0 atom stereocenters. The van der Waals surface area contributed by atoms with Gasteiger partial charge in [-0.2, -0.15) is 5.10 Å². The van der Waals surface area contributed by atoms with Crippen LogP contribution in [-0.4, -0.2) is 21.6 Å². The summed E-state index contributed by atoms with van der Waals surface area (Å²) in [5.74, 6) is -0.0102. The highest BCUT2D eigenvalue weighted by Gasteiger charge is 2.02. The first-order valence-electron chi connectivity index (χ1n) is 6.78. The first kappa shape index (κ1) is 14.8. The van der Waals surface area contributed by atoms with Gasteiger partial charge in [-0.15, -0.1) is 5.23 Å². The van der Waals surface area contributed by atoms with Gasteiger partial charge in [-0.1, -0.05) is 36.1 Å². The molecule has 1 aromatic heterocycles. The van der Waals surface area contributed by atoms with E-state index in [4.69, 9.17) is 10.4 Å².